The van der Waals surface area contributed by atoms with Crippen LogP contribution in [0.15, 0.2) is 155 Å². The highest BCUT2D eigenvalue weighted by molar-refractivity contribution is 7.85. The lowest BCUT2D eigenvalue weighted by atomic mass is 9.77. The van der Waals surface area contributed by atoms with Crippen molar-refractivity contribution in [3.63, 3.8) is 0 Å². The summed E-state index contributed by atoms with van der Waals surface area (Å²) >= 11 is 0.750. The lowest BCUT2D eigenvalue weighted by Gasteiger charge is -2.46. The van der Waals surface area contributed by atoms with Gasteiger partial charge in [0.2, 0.25) is 5.95 Å². The van der Waals surface area contributed by atoms with E-state index in [0.29, 0.717) is 18.6 Å². The van der Waals surface area contributed by atoms with Gasteiger partial charge in [0.15, 0.2) is 5.65 Å². The fourth-order valence-electron chi connectivity index (χ4n) is 9.85. The normalized spacial score (nSPS) is 18.0. The maximum absolute atomic E-state index is 14.4. The first-order chi connectivity index (χ1) is 31.6. The maximum Gasteiger partial charge on any atom is 0.311 e. The summed E-state index contributed by atoms with van der Waals surface area (Å²) in [4.78, 5) is 36.1. The van der Waals surface area contributed by atoms with E-state index in [1.807, 2.05) is 128 Å². The minimum Gasteiger partial charge on any atom is -0.497 e. The molecule has 1 aliphatic rings. The third kappa shape index (κ3) is 8.95. The minimum absolute atomic E-state index is 0.0802. The third-order valence-electron chi connectivity index (χ3n) is 12.9. The first-order valence-corrected chi connectivity index (χ1v) is 26.5. The van der Waals surface area contributed by atoms with E-state index in [9.17, 15) is 22.6 Å². The van der Waals surface area contributed by atoms with E-state index in [1.54, 1.807) is 14.0 Å². The predicted octanol–water partition coefficient (Wildman–Crippen LogP) is 8.34. The van der Waals surface area contributed by atoms with Crippen LogP contribution in [0.3, 0.4) is 0 Å². The summed E-state index contributed by atoms with van der Waals surface area (Å²) in [6.45, 7) is 10.4. The molecule has 12 nitrogen and oxygen atoms in total. The summed E-state index contributed by atoms with van der Waals surface area (Å²) in [6, 6.07) is 47.8. The van der Waals surface area contributed by atoms with Gasteiger partial charge in [-0.25, -0.2) is 0 Å². The number of hydrogen-bond acceptors (Lipinski definition) is 10. The van der Waals surface area contributed by atoms with Crippen molar-refractivity contribution in [3.8, 4) is 5.75 Å². The molecule has 1 saturated heterocycles. The Hall–Kier alpha value is -5.68. The van der Waals surface area contributed by atoms with Crippen LogP contribution in [0.2, 0.25) is 5.04 Å². The Balaban J connectivity index is 1.26. The number of nitrogens with zero attached hydrogens (tertiary/aromatic N) is 2. The van der Waals surface area contributed by atoms with Crippen molar-refractivity contribution in [2.45, 2.75) is 76.5 Å². The van der Waals surface area contributed by atoms with E-state index < -0.39 is 70.4 Å². The van der Waals surface area contributed by atoms with E-state index >= 15 is 0 Å². The number of fused-ring (bicyclic) bond motifs is 1. The molecular weight excluding hydrogens is 889 g/mol. The molecule has 2 aromatic heterocycles. The van der Waals surface area contributed by atoms with E-state index in [2.05, 4.69) is 55.3 Å². The number of methoxy groups -OCH3 is 1. The van der Waals surface area contributed by atoms with Gasteiger partial charge >= 0.3 is 4.87 Å². The SMILES string of the molecule is CC[C@H](O[Si](c1ccccc1)(c1ccccc1)C(C)(C)C)[C@@H]1C[C@@H]([C@H](C)CS(=O)(=O)O)[C@H](n2c(=O)sc3c(=O)[nH]c(NC(c4ccccc4)(c4ccccc4)c4ccc(OC)cc4)nc32)O1. The fraction of sp³-hybridized carbons (Fsp3) is 0.314. The van der Waals surface area contributed by atoms with Crippen molar-refractivity contribution >= 4 is 56.4 Å². The molecule has 0 amide bonds. The molecule has 15 heteroatoms. The number of hydrogen-bond donors (Lipinski definition) is 3. The lowest BCUT2D eigenvalue weighted by molar-refractivity contribution is -0.0630. The molecule has 344 valence electrons. The van der Waals surface area contributed by atoms with Crippen LogP contribution in [0.25, 0.3) is 10.3 Å². The zero-order valence-corrected chi connectivity index (χ0v) is 40.5. The number of nitrogens with one attached hydrogen (secondary N) is 2. The van der Waals surface area contributed by atoms with Crippen LogP contribution in [0.1, 0.15) is 70.4 Å². The maximum atomic E-state index is 14.4. The largest absolute Gasteiger partial charge is 0.497 e. The van der Waals surface area contributed by atoms with Crippen molar-refractivity contribution in [2.24, 2.45) is 11.8 Å². The number of anilines is 1. The summed E-state index contributed by atoms with van der Waals surface area (Å²) in [6.07, 6.45) is -1.34. The van der Waals surface area contributed by atoms with E-state index in [4.69, 9.17) is 18.9 Å². The van der Waals surface area contributed by atoms with Crippen LogP contribution in [-0.4, -0.2) is 60.9 Å². The first kappa shape index (κ1) is 46.8. The van der Waals surface area contributed by atoms with Gasteiger partial charge in [0.25, 0.3) is 24.0 Å². The summed E-state index contributed by atoms with van der Waals surface area (Å²) in [5, 5.41) is 5.45. The Bertz CT molecular complexity index is 2900. The molecule has 5 aromatic carbocycles. The Morgan fingerprint density at radius 3 is 1.85 bits per heavy atom. The van der Waals surface area contributed by atoms with Gasteiger partial charge in [-0.3, -0.25) is 23.7 Å². The number of ether oxygens (including phenoxy) is 2. The summed E-state index contributed by atoms with van der Waals surface area (Å²) in [7, 11) is -5.95. The second-order valence-electron chi connectivity index (χ2n) is 18.1. The standard InChI is InChI=1S/C51H56N4O8S2Si/c1-7-42(63-66(50(3,4)5,39-24-16-10-17-25-39)40-26-18-11-19-27-40)43-32-41(34(2)33-65(58,59)60)47(62-43)55-45-44(64-49(55)57)46(56)53-48(52-45)54-51(35-20-12-8-13-21-35,36-22-14-9-15-23-36)37-28-30-38(61-6)31-29-37/h8-31,34,41-43,47H,7,32-33H2,1-6H3,(H,58,59,60)(H2,52,53,54,56)/t34-,41+,42+,43+,47-/m1/s1. The highest BCUT2D eigenvalue weighted by Crippen LogP contribution is 2.46. The number of aromatic nitrogens is 3. The van der Waals surface area contributed by atoms with Gasteiger partial charge in [-0.1, -0.05) is 179 Å². The number of aromatic amines is 1. The number of rotatable bonds is 16. The van der Waals surface area contributed by atoms with Crippen LogP contribution in [-0.2, 0) is 24.8 Å². The predicted molar refractivity (Wildman–Crippen MR) is 264 cm³/mol. The van der Waals surface area contributed by atoms with Gasteiger partial charge in [-0.15, -0.1) is 0 Å². The van der Waals surface area contributed by atoms with Crippen molar-refractivity contribution in [1.29, 1.82) is 0 Å². The van der Waals surface area contributed by atoms with Gasteiger partial charge in [-0.05, 0) is 63.0 Å². The molecule has 7 aromatic rings. The van der Waals surface area contributed by atoms with Gasteiger partial charge in [0, 0.05) is 5.92 Å². The number of thiazole rings is 1. The highest BCUT2D eigenvalue weighted by Gasteiger charge is 2.54. The Morgan fingerprint density at radius 2 is 1.36 bits per heavy atom. The Kier molecular flexibility index (Phi) is 13.4. The quantitative estimate of drug-likeness (QED) is 0.0488. The summed E-state index contributed by atoms with van der Waals surface area (Å²) in [5.74, 6) is -1.11. The molecule has 0 radical (unpaired) electrons. The summed E-state index contributed by atoms with van der Waals surface area (Å²) < 4.78 is 56.9. The Labute approximate surface area is 390 Å². The van der Waals surface area contributed by atoms with Crippen LogP contribution in [0.4, 0.5) is 5.95 Å². The topological polar surface area (TPSA) is 162 Å². The molecule has 0 spiro atoms. The second-order valence-corrected chi connectivity index (χ2v) is 24.8. The molecule has 0 bridgehead atoms. The molecule has 0 saturated carbocycles. The molecule has 66 heavy (non-hydrogen) atoms. The van der Waals surface area contributed by atoms with Gasteiger partial charge < -0.3 is 19.2 Å². The third-order valence-corrected chi connectivity index (χ3v) is 19.9. The van der Waals surface area contributed by atoms with Crippen LogP contribution >= 0.6 is 11.3 Å². The van der Waals surface area contributed by atoms with E-state index in [1.165, 1.54) is 4.57 Å². The van der Waals surface area contributed by atoms with Crippen LogP contribution in [0, 0.1) is 11.8 Å². The van der Waals surface area contributed by atoms with E-state index in [0.717, 1.165) is 38.4 Å². The molecular formula is C51H56N4O8S2Si. The molecule has 0 unspecified atom stereocenters. The summed E-state index contributed by atoms with van der Waals surface area (Å²) in [5.41, 5.74) is 0.939. The van der Waals surface area contributed by atoms with Crippen LogP contribution in [0.5, 0.6) is 5.75 Å². The molecule has 1 aliphatic heterocycles. The molecule has 1 fully saturated rings. The number of H-pyrrole nitrogens is 1. The number of benzene rings is 5. The van der Waals surface area contributed by atoms with Crippen molar-refractivity contribution in [3.05, 3.63) is 182 Å². The molecule has 3 N–H and O–H groups in total. The monoisotopic (exact) mass is 944 g/mol. The van der Waals surface area contributed by atoms with Crippen LogP contribution < -0.4 is 30.9 Å². The van der Waals surface area contributed by atoms with Gasteiger partial charge in [0.05, 0.1) is 25.1 Å². The Morgan fingerprint density at radius 1 is 0.848 bits per heavy atom. The highest BCUT2D eigenvalue weighted by atomic mass is 32.2. The molecule has 5 atom stereocenters. The average molecular weight is 945 g/mol. The van der Waals surface area contributed by atoms with Gasteiger partial charge in [-0.2, -0.15) is 13.4 Å². The molecule has 8 rings (SSSR count). The molecule has 3 heterocycles. The zero-order chi connectivity index (χ0) is 46.9. The second kappa shape index (κ2) is 18.9. The van der Waals surface area contributed by atoms with Gasteiger partial charge in [0.1, 0.15) is 22.2 Å². The molecule has 0 aliphatic carbocycles. The smallest absolute Gasteiger partial charge is 0.311 e. The fourth-order valence-corrected chi connectivity index (χ4v) is 16.4. The zero-order valence-electron chi connectivity index (χ0n) is 37.9. The minimum atomic E-state index is -4.44. The lowest BCUT2D eigenvalue weighted by Crippen LogP contribution is -2.68. The van der Waals surface area contributed by atoms with Crippen molar-refractivity contribution in [2.75, 3.05) is 18.2 Å². The van der Waals surface area contributed by atoms with Crippen molar-refractivity contribution in [1.82, 2.24) is 14.5 Å². The van der Waals surface area contributed by atoms with E-state index in [-0.39, 0.29) is 21.3 Å². The first-order valence-electron chi connectivity index (χ1n) is 22.2. The average Bonchev–Trinajstić information content (AvgIpc) is 3.90. The van der Waals surface area contributed by atoms with Crippen molar-refractivity contribution < 1.29 is 26.9 Å².